The van der Waals surface area contributed by atoms with Crippen molar-refractivity contribution in [3.05, 3.63) is 23.8 Å². The predicted octanol–water partition coefficient (Wildman–Crippen LogP) is 3.86. The summed E-state index contributed by atoms with van der Waals surface area (Å²) in [4.78, 5) is 11.3. The fraction of sp³-hybridized carbons (Fsp3) is 0.533. The molecule has 0 atom stereocenters. The predicted molar refractivity (Wildman–Crippen MR) is 72.6 cm³/mol. The van der Waals surface area contributed by atoms with E-state index in [1.54, 1.807) is 32.2 Å². The van der Waals surface area contributed by atoms with Gasteiger partial charge in [-0.1, -0.05) is 26.2 Å². The third-order valence-corrected chi connectivity index (χ3v) is 2.83. The molecule has 0 aliphatic rings. The summed E-state index contributed by atoms with van der Waals surface area (Å²) in [7, 11) is 1.59. The molecule has 1 rings (SSSR count). The lowest BCUT2D eigenvalue weighted by Gasteiger charge is -2.11. The first-order chi connectivity index (χ1) is 8.69. The zero-order valence-electron chi connectivity index (χ0n) is 11.5. The van der Waals surface area contributed by atoms with Gasteiger partial charge in [0.05, 0.1) is 13.7 Å². The van der Waals surface area contributed by atoms with Crippen molar-refractivity contribution in [2.75, 3.05) is 13.7 Å². The SMILES string of the molecule is CCCCCCOc1ccc(C(C)=O)cc1OC. The summed E-state index contributed by atoms with van der Waals surface area (Å²) in [6.45, 7) is 4.42. The lowest BCUT2D eigenvalue weighted by atomic mass is 10.1. The lowest BCUT2D eigenvalue weighted by molar-refractivity contribution is 0.101. The fourth-order valence-electron chi connectivity index (χ4n) is 1.72. The molecule has 1 aromatic rings. The molecule has 0 amide bonds. The topological polar surface area (TPSA) is 35.5 Å². The molecule has 100 valence electrons. The first-order valence-electron chi connectivity index (χ1n) is 6.50. The number of unbranched alkanes of at least 4 members (excludes halogenated alkanes) is 3. The quantitative estimate of drug-likeness (QED) is 0.519. The van der Waals surface area contributed by atoms with E-state index in [9.17, 15) is 4.79 Å². The summed E-state index contributed by atoms with van der Waals surface area (Å²) in [5, 5.41) is 0. The van der Waals surface area contributed by atoms with E-state index in [4.69, 9.17) is 9.47 Å². The van der Waals surface area contributed by atoms with Crippen LogP contribution >= 0.6 is 0 Å². The molecular formula is C15H22O3. The highest BCUT2D eigenvalue weighted by Gasteiger charge is 2.07. The average molecular weight is 250 g/mol. The maximum absolute atomic E-state index is 11.3. The van der Waals surface area contributed by atoms with E-state index in [2.05, 4.69) is 6.92 Å². The van der Waals surface area contributed by atoms with Gasteiger partial charge in [-0.15, -0.1) is 0 Å². The Bertz CT molecular complexity index is 385. The monoisotopic (exact) mass is 250 g/mol. The Morgan fingerprint density at radius 2 is 1.94 bits per heavy atom. The van der Waals surface area contributed by atoms with Crippen LogP contribution in [0, 0.1) is 0 Å². The number of methoxy groups -OCH3 is 1. The summed E-state index contributed by atoms with van der Waals surface area (Å²) < 4.78 is 10.9. The molecule has 0 fully saturated rings. The van der Waals surface area contributed by atoms with Crippen LogP contribution in [-0.2, 0) is 0 Å². The minimum atomic E-state index is 0.0304. The second kappa shape index (κ2) is 7.75. The fourth-order valence-corrected chi connectivity index (χ4v) is 1.72. The maximum atomic E-state index is 11.3. The van der Waals surface area contributed by atoms with E-state index in [1.807, 2.05) is 0 Å². The molecular weight excluding hydrogens is 228 g/mol. The third kappa shape index (κ3) is 4.40. The number of carbonyl (C=O) groups excluding carboxylic acids is 1. The summed E-state index contributed by atoms with van der Waals surface area (Å²) in [5.41, 5.74) is 0.644. The number of ketones is 1. The van der Waals surface area contributed by atoms with Crippen LogP contribution in [0.2, 0.25) is 0 Å². The molecule has 0 aliphatic heterocycles. The molecule has 0 bridgehead atoms. The van der Waals surface area contributed by atoms with E-state index in [0.29, 0.717) is 23.7 Å². The van der Waals surface area contributed by atoms with Gasteiger partial charge < -0.3 is 9.47 Å². The van der Waals surface area contributed by atoms with Crippen molar-refractivity contribution in [3.8, 4) is 11.5 Å². The standard InChI is InChI=1S/C15H22O3/c1-4-5-6-7-10-18-14-9-8-13(12(2)16)11-15(14)17-3/h8-9,11H,4-7,10H2,1-3H3. The van der Waals surface area contributed by atoms with E-state index >= 15 is 0 Å². The van der Waals surface area contributed by atoms with Gasteiger partial charge >= 0.3 is 0 Å². The summed E-state index contributed by atoms with van der Waals surface area (Å²) in [6, 6.07) is 5.30. The summed E-state index contributed by atoms with van der Waals surface area (Å²) in [5.74, 6) is 1.36. The van der Waals surface area contributed by atoms with Crippen molar-refractivity contribution < 1.29 is 14.3 Å². The molecule has 0 aromatic heterocycles. The van der Waals surface area contributed by atoms with Crippen LogP contribution in [0.5, 0.6) is 11.5 Å². The number of carbonyl (C=O) groups is 1. The molecule has 0 saturated carbocycles. The number of Topliss-reactive ketones (excluding diaryl/α,β-unsaturated/α-hetero) is 1. The average Bonchev–Trinajstić information content (AvgIpc) is 2.38. The minimum absolute atomic E-state index is 0.0304. The number of hydrogen-bond donors (Lipinski definition) is 0. The van der Waals surface area contributed by atoms with Gasteiger partial charge in [-0.2, -0.15) is 0 Å². The first kappa shape index (κ1) is 14.6. The molecule has 1 aromatic carbocycles. The van der Waals surface area contributed by atoms with Crippen LogP contribution in [0.4, 0.5) is 0 Å². The van der Waals surface area contributed by atoms with Crippen LogP contribution in [0.15, 0.2) is 18.2 Å². The van der Waals surface area contributed by atoms with Crippen LogP contribution < -0.4 is 9.47 Å². The molecule has 18 heavy (non-hydrogen) atoms. The Kier molecular flexibility index (Phi) is 6.26. The van der Waals surface area contributed by atoms with E-state index in [0.717, 1.165) is 6.42 Å². The van der Waals surface area contributed by atoms with Crippen LogP contribution in [0.3, 0.4) is 0 Å². The highest BCUT2D eigenvalue weighted by molar-refractivity contribution is 5.94. The number of benzene rings is 1. The van der Waals surface area contributed by atoms with Crippen molar-refractivity contribution in [1.82, 2.24) is 0 Å². The zero-order chi connectivity index (χ0) is 13.4. The van der Waals surface area contributed by atoms with Gasteiger partial charge in [0.2, 0.25) is 0 Å². The van der Waals surface area contributed by atoms with E-state index in [-0.39, 0.29) is 5.78 Å². The molecule has 0 spiro atoms. The van der Waals surface area contributed by atoms with Crippen molar-refractivity contribution in [3.63, 3.8) is 0 Å². The highest BCUT2D eigenvalue weighted by atomic mass is 16.5. The Balaban J connectivity index is 2.57. The molecule has 0 saturated heterocycles. The highest BCUT2D eigenvalue weighted by Crippen LogP contribution is 2.28. The van der Waals surface area contributed by atoms with E-state index < -0.39 is 0 Å². The molecule has 3 heteroatoms. The maximum Gasteiger partial charge on any atom is 0.161 e. The zero-order valence-corrected chi connectivity index (χ0v) is 11.5. The van der Waals surface area contributed by atoms with Gasteiger partial charge in [0, 0.05) is 5.56 Å². The Hall–Kier alpha value is -1.51. The Morgan fingerprint density at radius 1 is 1.17 bits per heavy atom. The Morgan fingerprint density at radius 3 is 2.56 bits per heavy atom. The second-order valence-electron chi connectivity index (χ2n) is 4.33. The van der Waals surface area contributed by atoms with Gasteiger partial charge in [-0.25, -0.2) is 0 Å². The second-order valence-corrected chi connectivity index (χ2v) is 4.33. The number of ether oxygens (including phenoxy) is 2. The third-order valence-electron chi connectivity index (χ3n) is 2.83. The molecule has 0 N–H and O–H groups in total. The molecule has 0 aliphatic carbocycles. The first-order valence-corrected chi connectivity index (χ1v) is 6.50. The lowest BCUT2D eigenvalue weighted by Crippen LogP contribution is -2.01. The largest absolute Gasteiger partial charge is 0.493 e. The van der Waals surface area contributed by atoms with E-state index in [1.165, 1.54) is 19.3 Å². The molecule has 0 unspecified atom stereocenters. The minimum Gasteiger partial charge on any atom is -0.493 e. The summed E-state index contributed by atoms with van der Waals surface area (Å²) in [6.07, 6.45) is 4.69. The normalized spacial score (nSPS) is 10.2. The van der Waals surface area contributed by atoms with Gasteiger partial charge in [-0.05, 0) is 31.5 Å². The molecule has 0 heterocycles. The Labute approximate surface area is 109 Å². The van der Waals surface area contributed by atoms with Crippen molar-refractivity contribution in [1.29, 1.82) is 0 Å². The van der Waals surface area contributed by atoms with Gasteiger partial charge in [-0.3, -0.25) is 4.79 Å². The molecule has 3 nitrogen and oxygen atoms in total. The van der Waals surface area contributed by atoms with Crippen molar-refractivity contribution in [2.24, 2.45) is 0 Å². The van der Waals surface area contributed by atoms with Gasteiger partial charge in [0.1, 0.15) is 0 Å². The summed E-state index contributed by atoms with van der Waals surface area (Å²) >= 11 is 0. The molecule has 0 radical (unpaired) electrons. The van der Waals surface area contributed by atoms with Crippen molar-refractivity contribution >= 4 is 5.78 Å². The smallest absolute Gasteiger partial charge is 0.161 e. The van der Waals surface area contributed by atoms with Gasteiger partial charge in [0.15, 0.2) is 17.3 Å². The van der Waals surface area contributed by atoms with Crippen LogP contribution in [0.25, 0.3) is 0 Å². The number of rotatable bonds is 8. The van der Waals surface area contributed by atoms with Crippen LogP contribution in [-0.4, -0.2) is 19.5 Å². The van der Waals surface area contributed by atoms with Gasteiger partial charge in [0.25, 0.3) is 0 Å². The number of hydrogen-bond acceptors (Lipinski definition) is 3. The van der Waals surface area contributed by atoms with Crippen molar-refractivity contribution in [2.45, 2.75) is 39.5 Å². The van der Waals surface area contributed by atoms with Crippen LogP contribution in [0.1, 0.15) is 49.9 Å².